The van der Waals surface area contributed by atoms with Crippen LogP contribution in [0.5, 0.6) is 0 Å². The zero-order valence-electron chi connectivity index (χ0n) is 16.3. The van der Waals surface area contributed by atoms with E-state index in [-0.39, 0.29) is 18.4 Å². The molecule has 0 spiro atoms. The van der Waals surface area contributed by atoms with Crippen LogP contribution in [0.4, 0.5) is 4.79 Å². The van der Waals surface area contributed by atoms with Crippen LogP contribution in [0.2, 0.25) is 0 Å². The van der Waals surface area contributed by atoms with Gasteiger partial charge in [0.1, 0.15) is 6.61 Å². The number of carbonyl (C=O) groups excluding carboxylic acids is 1. The van der Waals surface area contributed by atoms with Gasteiger partial charge < -0.3 is 14.7 Å². The number of aliphatic carboxylic acids is 1. The number of hydrogen-bond donors (Lipinski definition) is 1. The van der Waals surface area contributed by atoms with E-state index < -0.39 is 5.97 Å². The van der Waals surface area contributed by atoms with E-state index in [1.807, 2.05) is 24.3 Å². The monoisotopic (exact) mass is 391 g/mol. The van der Waals surface area contributed by atoms with Gasteiger partial charge in [0.2, 0.25) is 0 Å². The molecule has 1 aliphatic carbocycles. The van der Waals surface area contributed by atoms with Gasteiger partial charge in [-0.15, -0.1) is 0 Å². The van der Waals surface area contributed by atoms with Crippen molar-refractivity contribution in [1.29, 1.82) is 0 Å². The van der Waals surface area contributed by atoms with Gasteiger partial charge >= 0.3 is 12.1 Å². The number of benzene rings is 2. The predicted molar refractivity (Wildman–Crippen MR) is 111 cm³/mol. The van der Waals surface area contributed by atoms with E-state index in [4.69, 9.17) is 9.84 Å². The Balaban J connectivity index is 1.40. The molecule has 5 nitrogen and oxygen atoms in total. The Morgan fingerprint density at radius 3 is 2.31 bits per heavy atom. The Bertz CT molecular complexity index is 904. The SMILES string of the molecule is O=C(O)C/C=C1/CCCN(C(=O)OCC2c3ccccc3-c3ccccc32)CC1. The third-order valence-electron chi connectivity index (χ3n) is 5.79. The second-order valence-corrected chi connectivity index (χ2v) is 7.60. The number of carboxylic acids is 1. The van der Waals surface area contributed by atoms with Crippen LogP contribution in [0.3, 0.4) is 0 Å². The number of rotatable bonds is 4. The van der Waals surface area contributed by atoms with E-state index in [1.165, 1.54) is 22.3 Å². The molecule has 1 saturated heterocycles. The molecule has 0 aromatic heterocycles. The van der Waals surface area contributed by atoms with Crippen molar-refractivity contribution < 1.29 is 19.4 Å². The summed E-state index contributed by atoms with van der Waals surface area (Å²) in [6.45, 7) is 1.54. The third-order valence-corrected chi connectivity index (χ3v) is 5.79. The molecule has 4 rings (SSSR count). The molecule has 2 aliphatic rings. The maximum Gasteiger partial charge on any atom is 0.409 e. The lowest BCUT2D eigenvalue weighted by molar-refractivity contribution is -0.136. The lowest BCUT2D eigenvalue weighted by Gasteiger charge is -2.21. The number of fused-ring (bicyclic) bond motifs is 3. The van der Waals surface area contributed by atoms with E-state index in [9.17, 15) is 9.59 Å². The van der Waals surface area contributed by atoms with Gasteiger partial charge in [-0.05, 0) is 41.5 Å². The van der Waals surface area contributed by atoms with E-state index in [2.05, 4.69) is 24.3 Å². The highest BCUT2D eigenvalue weighted by molar-refractivity contribution is 5.79. The van der Waals surface area contributed by atoms with Crippen molar-refractivity contribution in [1.82, 2.24) is 4.90 Å². The summed E-state index contributed by atoms with van der Waals surface area (Å²) in [7, 11) is 0. The zero-order valence-corrected chi connectivity index (χ0v) is 16.3. The number of nitrogens with zero attached hydrogens (tertiary/aromatic N) is 1. The highest BCUT2D eigenvalue weighted by Gasteiger charge is 2.29. The largest absolute Gasteiger partial charge is 0.481 e. The maximum atomic E-state index is 12.7. The number of hydrogen-bond acceptors (Lipinski definition) is 3. The first-order valence-corrected chi connectivity index (χ1v) is 10.1. The summed E-state index contributed by atoms with van der Waals surface area (Å²) < 4.78 is 5.74. The molecule has 0 atom stereocenters. The molecule has 1 heterocycles. The molecule has 2 aromatic rings. The average Bonchev–Trinajstić information content (AvgIpc) is 2.87. The first-order chi connectivity index (χ1) is 14.1. The molecule has 0 radical (unpaired) electrons. The molecule has 2 aromatic carbocycles. The Morgan fingerprint density at radius 2 is 1.66 bits per heavy atom. The van der Waals surface area contributed by atoms with Crippen molar-refractivity contribution in [3.63, 3.8) is 0 Å². The molecular formula is C24H25NO4. The van der Waals surface area contributed by atoms with Gasteiger partial charge in [0.05, 0.1) is 6.42 Å². The van der Waals surface area contributed by atoms with Crippen molar-refractivity contribution in [2.75, 3.05) is 19.7 Å². The van der Waals surface area contributed by atoms with Gasteiger partial charge in [-0.1, -0.05) is 60.2 Å². The Hall–Kier alpha value is -3.08. The molecule has 0 saturated carbocycles. The summed E-state index contributed by atoms with van der Waals surface area (Å²) >= 11 is 0. The number of ether oxygens (including phenoxy) is 1. The second-order valence-electron chi connectivity index (χ2n) is 7.60. The van der Waals surface area contributed by atoms with Gasteiger partial charge in [0, 0.05) is 19.0 Å². The van der Waals surface area contributed by atoms with Crippen molar-refractivity contribution in [2.24, 2.45) is 0 Å². The Kier molecular flexibility index (Phi) is 5.65. The Morgan fingerprint density at radius 1 is 1.00 bits per heavy atom. The van der Waals surface area contributed by atoms with Crippen LogP contribution < -0.4 is 0 Å². The molecule has 29 heavy (non-hydrogen) atoms. The first kappa shape index (κ1) is 19.2. The third kappa shape index (κ3) is 4.19. The van der Waals surface area contributed by atoms with Crippen molar-refractivity contribution in [3.05, 3.63) is 71.3 Å². The second kappa shape index (κ2) is 8.52. The first-order valence-electron chi connectivity index (χ1n) is 10.1. The van der Waals surface area contributed by atoms with Crippen LogP contribution in [0.25, 0.3) is 11.1 Å². The fraction of sp³-hybridized carbons (Fsp3) is 0.333. The molecule has 1 N–H and O–H groups in total. The molecule has 1 aliphatic heterocycles. The number of amides is 1. The summed E-state index contributed by atoms with van der Waals surface area (Å²) in [5, 5.41) is 8.84. The molecule has 0 unspecified atom stereocenters. The average molecular weight is 391 g/mol. The smallest absolute Gasteiger partial charge is 0.409 e. The number of carboxylic acid groups (broad SMARTS) is 1. The van der Waals surface area contributed by atoms with Crippen LogP contribution in [0, 0.1) is 0 Å². The highest BCUT2D eigenvalue weighted by atomic mass is 16.6. The predicted octanol–water partition coefficient (Wildman–Crippen LogP) is 4.82. The van der Waals surface area contributed by atoms with Crippen LogP contribution in [0.15, 0.2) is 60.2 Å². The van der Waals surface area contributed by atoms with Crippen LogP contribution in [0.1, 0.15) is 42.7 Å². The van der Waals surface area contributed by atoms with Gasteiger partial charge in [-0.2, -0.15) is 0 Å². The van der Waals surface area contributed by atoms with E-state index in [0.717, 1.165) is 18.4 Å². The maximum absolute atomic E-state index is 12.7. The number of carbonyl (C=O) groups is 2. The Labute approximate surface area is 170 Å². The number of likely N-dealkylation sites (tertiary alicyclic amines) is 1. The molecule has 1 fully saturated rings. The summed E-state index contributed by atoms with van der Waals surface area (Å²) in [6.07, 6.45) is 3.91. The molecule has 1 amide bonds. The molecule has 150 valence electrons. The van der Waals surface area contributed by atoms with Crippen LogP contribution >= 0.6 is 0 Å². The fourth-order valence-electron chi connectivity index (χ4n) is 4.32. The minimum absolute atomic E-state index is 0.0419. The van der Waals surface area contributed by atoms with Crippen molar-refractivity contribution in [3.8, 4) is 11.1 Å². The molecule has 0 bridgehead atoms. The van der Waals surface area contributed by atoms with E-state index in [1.54, 1.807) is 11.0 Å². The molecule has 5 heteroatoms. The minimum Gasteiger partial charge on any atom is -0.481 e. The van der Waals surface area contributed by atoms with E-state index >= 15 is 0 Å². The topological polar surface area (TPSA) is 66.8 Å². The normalized spacial score (nSPS) is 17.5. The summed E-state index contributed by atoms with van der Waals surface area (Å²) in [5.74, 6) is -0.764. The van der Waals surface area contributed by atoms with Crippen LogP contribution in [-0.2, 0) is 9.53 Å². The zero-order chi connectivity index (χ0) is 20.2. The fourth-order valence-corrected chi connectivity index (χ4v) is 4.32. The highest BCUT2D eigenvalue weighted by Crippen LogP contribution is 2.44. The van der Waals surface area contributed by atoms with Gasteiger partial charge in [0.25, 0.3) is 0 Å². The van der Waals surface area contributed by atoms with Crippen LogP contribution in [-0.4, -0.2) is 41.8 Å². The van der Waals surface area contributed by atoms with E-state index in [0.29, 0.717) is 26.1 Å². The van der Waals surface area contributed by atoms with Gasteiger partial charge in [-0.25, -0.2) is 4.79 Å². The lowest BCUT2D eigenvalue weighted by atomic mass is 9.98. The quantitative estimate of drug-likeness (QED) is 0.759. The summed E-state index contributed by atoms with van der Waals surface area (Å²) in [5.41, 5.74) is 5.95. The van der Waals surface area contributed by atoms with Gasteiger partial charge in [-0.3, -0.25) is 4.79 Å². The summed E-state index contributed by atoms with van der Waals surface area (Å²) in [6, 6.07) is 16.6. The van der Waals surface area contributed by atoms with Crippen molar-refractivity contribution in [2.45, 2.75) is 31.6 Å². The summed E-state index contributed by atoms with van der Waals surface area (Å²) in [4.78, 5) is 25.2. The van der Waals surface area contributed by atoms with Crippen molar-refractivity contribution >= 4 is 12.1 Å². The minimum atomic E-state index is -0.824. The van der Waals surface area contributed by atoms with Gasteiger partial charge in [0.15, 0.2) is 0 Å². The molecular weight excluding hydrogens is 366 g/mol. The standard InChI is InChI=1S/C24H25NO4/c26-23(27)12-11-17-6-5-14-25(15-13-17)24(28)29-16-22-20-9-3-1-7-18(20)19-8-2-4-10-21(19)22/h1-4,7-11,22H,5-6,12-16H2,(H,26,27)/b17-11-. The lowest BCUT2D eigenvalue weighted by Crippen LogP contribution is -2.33.